The Balaban J connectivity index is 2.10. The van der Waals surface area contributed by atoms with Crippen LogP contribution in [0.5, 0.6) is 0 Å². The standard InChI is InChI=1S/C14H22N2/c1-3-4-10-16-11-6-8-14(16)13-7-5-9-15-12(13)2/h5,7,9,14H,3-4,6,8,10-11H2,1-2H3. The minimum Gasteiger partial charge on any atom is -0.296 e. The molecule has 1 saturated heterocycles. The average molecular weight is 218 g/mol. The number of aryl methyl sites for hydroxylation is 1. The molecular formula is C14H22N2. The number of nitrogens with zero attached hydrogens (tertiary/aromatic N) is 2. The Morgan fingerprint density at radius 1 is 1.50 bits per heavy atom. The lowest BCUT2D eigenvalue weighted by Gasteiger charge is -2.25. The van der Waals surface area contributed by atoms with E-state index in [0.717, 1.165) is 0 Å². The fourth-order valence-corrected chi connectivity index (χ4v) is 2.66. The fraction of sp³-hybridized carbons (Fsp3) is 0.643. The van der Waals surface area contributed by atoms with E-state index in [1.54, 1.807) is 0 Å². The number of rotatable bonds is 4. The van der Waals surface area contributed by atoms with E-state index >= 15 is 0 Å². The molecule has 2 nitrogen and oxygen atoms in total. The highest BCUT2D eigenvalue weighted by atomic mass is 15.2. The Morgan fingerprint density at radius 2 is 2.38 bits per heavy atom. The summed E-state index contributed by atoms with van der Waals surface area (Å²) in [6.45, 7) is 6.90. The van der Waals surface area contributed by atoms with Crippen molar-refractivity contribution in [3.05, 3.63) is 29.6 Å². The molecule has 1 aliphatic rings. The largest absolute Gasteiger partial charge is 0.296 e. The predicted molar refractivity (Wildman–Crippen MR) is 67.4 cm³/mol. The van der Waals surface area contributed by atoms with E-state index < -0.39 is 0 Å². The molecule has 0 radical (unpaired) electrons. The molecule has 1 unspecified atom stereocenters. The summed E-state index contributed by atoms with van der Waals surface area (Å²) in [7, 11) is 0. The topological polar surface area (TPSA) is 16.1 Å². The van der Waals surface area contributed by atoms with Crippen LogP contribution in [-0.2, 0) is 0 Å². The van der Waals surface area contributed by atoms with E-state index in [0.29, 0.717) is 6.04 Å². The molecule has 1 aliphatic heterocycles. The Hall–Kier alpha value is -0.890. The van der Waals surface area contributed by atoms with Crippen LogP contribution < -0.4 is 0 Å². The fourth-order valence-electron chi connectivity index (χ4n) is 2.66. The minimum atomic E-state index is 0.625. The van der Waals surface area contributed by atoms with Gasteiger partial charge < -0.3 is 0 Å². The zero-order valence-corrected chi connectivity index (χ0v) is 10.4. The van der Waals surface area contributed by atoms with Crippen LogP contribution in [0.1, 0.15) is 49.9 Å². The molecule has 88 valence electrons. The molecule has 0 N–H and O–H groups in total. The van der Waals surface area contributed by atoms with Crippen molar-refractivity contribution in [2.75, 3.05) is 13.1 Å². The Kier molecular flexibility index (Phi) is 3.94. The normalized spacial score (nSPS) is 21.5. The lowest BCUT2D eigenvalue weighted by atomic mass is 10.0. The van der Waals surface area contributed by atoms with Crippen molar-refractivity contribution in [3.63, 3.8) is 0 Å². The minimum absolute atomic E-state index is 0.625. The maximum absolute atomic E-state index is 4.41. The summed E-state index contributed by atoms with van der Waals surface area (Å²) in [6.07, 6.45) is 7.13. The van der Waals surface area contributed by atoms with Crippen LogP contribution in [0.25, 0.3) is 0 Å². The first-order valence-corrected chi connectivity index (χ1v) is 6.48. The molecule has 1 fully saturated rings. The predicted octanol–water partition coefficient (Wildman–Crippen LogP) is 3.33. The second-order valence-corrected chi connectivity index (χ2v) is 4.73. The molecular weight excluding hydrogens is 196 g/mol. The smallest absolute Gasteiger partial charge is 0.0420 e. The molecule has 0 saturated carbocycles. The molecule has 0 aromatic carbocycles. The highest BCUT2D eigenvalue weighted by Gasteiger charge is 2.26. The molecule has 1 aromatic heterocycles. The molecule has 1 atom stereocenters. The third-order valence-electron chi connectivity index (χ3n) is 3.57. The second kappa shape index (κ2) is 5.44. The summed E-state index contributed by atoms with van der Waals surface area (Å²) in [4.78, 5) is 7.04. The Morgan fingerprint density at radius 3 is 3.12 bits per heavy atom. The van der Waals surface area contributed by atoms with E-state index in [9.17, 15) is 0 Å². The van der Waals surface area contributed by atoms with Crippen molar-refractivity contribution < 1.29 is 0 Å². The van der Waals surface area contributed by atoms with Gasteiger partial charge in [0.2, 0.25) is 0 Å². The quantitative estimate of drug-likeness (QED) is 0.770. The van der Waals surface area contributed by atoms with Crippen LogP contribution in [0.15, 0.2) is 18.3 Å². The third-order valence-corrected chi connectivity index (χ3v) is 3.57. The van der Waals surface area contributed by atoms with Gasteiger partial charge >= 0.3 is 0 Å². The van der Waals surface area contributed by atoms with Gasteiger partial charge in [-0.15, -0.1) is 0 Å². The molecule has 0 amide bonds. The maximum atomic E-state index is 4.41. The molecule has 2 heteroatoms. The van der Waals surface area contributed by atoms with Crippen LogP contribution in [0.2, 0.25) is 0 Å². The molecule has 1 aromatic rings. The van der Waals surface area contributed by atoms with Crippen molar-refractivity contribution in [2.45, 2.75) is 45.6 Å². The van der Waals surface area contributed by atoms with Gasteiger partial charge in [-0.05, 0) is 50.9 Å². The zero-order valence-electron chi connectivity index (χ0n) is 10.4. The van der Waals surface area contributed by atoms with Gasteiger partial charge in [0.15, 0.2) is 0 Å². The first kappa shape index (κ1) is 11.6. The van der Waals surface area contributed by atoms with Gasteiger partial charge in [-0.25, -0.2) is 0 Å². The van der Waals surface area contributed by atoms with Crippen molar-refractivity contribution >= 4 is 0 Å². The van der Waals surface area contributed by atoms with E-state index in [4.69, 9.17) is 0 Å². The maximum Gasteiger partial charge on any atom is 0.0420 e. The number of hydrogen-bond donors (Lipinski definition) is 0. The molecule has 0 aliphatic carbocycles. The third kappa shape index (κ3) is 2.43. The Bertz CT molecular complexity index is 335. The summed E-state index contributed by atoms with van der Waals surface area (Å²) in [5.74, 6) is 0. The summed E-state index contributed by atoms with van der Waals surface area (Å²) in [6, 6.07) is 4.94. The average Bonchev–Trinajstić information content (AvgIpc) is 2.75. The zero-order chi connectivity index (χ0) is 11.4. The van der Waals surface area contributed by atoms with Crippen molar-refractivity contribution in [2.24, 2.45) is 0 Å². The molecule has 16 heavy (non-hydrogen) atoms. The van der Waals surface area contributed by atoms with Gasteiger partial charge in [0.25, 0.3) is 0 Å². The van der Waals surface area contributed by atoms with Crippen LogP contribution in [0, 0.1) is 6.92 Å². The van der Waals surface area contributed by atoms with Gasteiger partial charge in [0, 0.05) is 17.9 Å². The van der Waals surface area contributed by atoms with E-state index in [2.05, 4.69) is 35.9 Å². The van der Waals surface area contributed by atoms with Crippen molar-refractivity contribution in [1.82, 2.24) is 9.88 Å². The number of unbranched alkanes of at least 4 members (excludes halogenated alkanes) is 1. The molecule has 0 bridgehead atoms. The lowest BCUT2D eigenvalue weighted by Crippen LogP contribution is -2.25. The van der Waals surface area contributed by atoms with Gasteiger partial charge in [-0.2, -0.15) is 0 Å². The Labute approximate surface area is 98.7 Å². The number of likely N-dealkylation sites (tertiary alicyclic amines) is 1. The summed E-state index contributed by atoms with van der Waals surface area (Å²) < 4.78 is 0. The lowest BCUT2D eigenvalue weighted by molar-refractivity contribution is 0.252. The molecule has 2 heterocycles. The second-order valence-electron chi connectivity index (χ2n) is 4.73. The van der Waals surface area contributed by atoms with Gasteiger partial charge in [0.05, 0.1) is 0 Å². The van der Waals surface area contributed by atoms with E-state index in [1.807, 2.05) is 6.20 Å². The van der Waals surface area contributed by atoms with Crippen molar-refractivity contribution in [3.8, 4) is 0 Å². The van der Waals surface area contributed by atoms with Crippen LogP contribution in [0.3, 0.4) is 0 Å². The number of aromatic nitrogens is 1. The highest BCUT2D eigenvalue weighted by molar-refractivity contribution is 5.23. The van der Waals surface area contributed by atoms with Gasteiger partial charge in [-0.1, -0.05) is 19.4 Å². The first-order valence-electron chi connectivity index (χ1n) is 6.48. The molecule has 0 spiro atoms. The highest BCUT2D eigenvalue weighted by Crippen LogP contribution is 2.32. The summed E-state index contributed by atoms with van der Waals surface area (Å²) in [5, 5.41) is 0. The number of hydrogen-bond acceptors (Lipinski definition) is 2. The van der Waals surface area contributed by atoms with Gasteiger partial charge in [-0.3, -0.25) is 9.88 Å². The van der Waals surface area contributed by atoms with Crippen LogP contribution in [0.4, 0.5) is 0 Å². The molecule has 2 rings (SSSR count). The monoisotopic (exact) mass is 218 g/mol. The van der Waals surface area contributed by atoms with Crippen molar-refractivity contribution in [1.29, 1.82) is 0 Å². The van der Waals surface area contributed by atoms with Gasteiger partial charge in [0.1, 0.15) is 0 Å². The number of pyridine rings is 1. The van der Waals surface area contributed by atoms with E-state index in [-0.39, 0.29) is 0 Å². The van der Waals surface area contributed by atoms with Crippen LogP contribution >= 0.6 is 0 Å². The van der Waals surface area contributed by atoms with E-state index in [1.165, 1.54) is 50.0 Å². The SMILES string of the molecule is CCCCN1CCCC1c1cccnc1C. The summed E-state index contributed by atoms with van der Waals surface area (Å²) in [5.41, 5.74) is 2.65. The summed E-state index contributed by atoms with van der Waals surface area (Å²) >= 11 is 0. The first-order chi connectivity index (χ1) is 7.83. The van der Waals surface area contributed by atoms with Crippen LogP contribution in [-0.4, -0.2) is 23.0 Å².